The van der Waals surface area contributed by atoms with Crippen molar-refractivity contribution >= 4 is 0 Å². The Morgan fingerprint density at radius 3 is 2.93 bits per heavy atom. The van der Waals surface area contributed by atoms with Crippen LogP contribution in [0.1, 0.15) is 11.6 Å². The van der Waals surface area contributed by atoms with Crippen LogP contribution >= 0.6 is 0 Å². The van der Waals surface area contributed by atoms with E-state index >= 15 is 0 Å². The summed E-state index contributed by atoms with van der Waals surface area (Å²) in [5.41, 5.74) is 0.0835. The number of hydrogen-bond donors (Lipinski definition) is 3. The lowest BCUT2D eigenvalue weighted by Crippen LogP contribution is -2.36. The molecule has 1 fully saturated rings. The minimum Gasteiger partial charge on any atom is -0.493 e. The first kappa shape index (κ1) is 9.29. The molecular weight excluding hydrogens is 186 g/mol. The van der Waals surface area contributed by atoms with E-state index in [2.05, 4.69) is 10.4 Å². The van der Waals surface area contributed by atoms with Crippen molar-refractivity contribution in [2.24, 2.45) is 7.05 Å². The van der Waals surface area contributed by atoms with Crippen LogP contribution in [-0.2, 0) is 11.8 Å². The van der Waals surface area contributed by atoms with Crippen molar-refractivity contribution in [3.05, 3.63) is 15.9 Å². The van der Waals surface area contributed by atoms with Crippen LogP contribution in [0.3, 0.4) is 0 Å². The number of rotatable bonds is 1. The van der Waals surface area contributed by atoms with Crippen molar-refractivity contribution in [1.29, 1.82) is 0 Å². The van der Waals surface area contributed by atoms with Gasteiger partial charge >= 0.3 is 0 Å². The number of ether oxygens (including phenoxy) is 1. The predicted molar refractivity (Wildman–Crippen MR) is 49.3 cm³/mol. The van der Waals surface area contributed by atoms with Crippen molar-refractivity contribution in [3.63, 3.8) is 0 Å². The van der Waals surface area contributed by atoms with Crippen molar-refractivity contribution in [1.82, 2.24) is 15.1 Å². The second-order valence-electron chi connectivity index (χ2n) is 3.32. The van der Waals surface area contributed by atoms with Crippen molar-refractivity contribution in [3.8, 4) is 5.88 Å². The molecule has 0 aromatic carbocycles. The number of aryl methyl sites for hydroxylation is 1. The zero-order valence-electron chi connectivity index (χ0n) is 7.91. The standard InChI is InChI=1S/C8H13N3O3/c1-11-8(13)6(7(12)10-11)5-4-14-3-2-9-5/h5,9,13H,2-4H2,1H3,(H,10,12). The van der Waals surface area contributed by atoms with Gasteiger partial charge in [0.15, 0.2) is 0 Å². The van der Waals surface area contributed by atoms with Crippen LogP contribution in [0, 0.1) is 0 Å². The first-order chi connectivity index (χ1) is 6.70. The molecule has 6 heteroatoms. The molecule has 0 saturated carbocycles. The molecule has 0 aliphatic carbocycles. The lowest BCUT2D eigenvalue weighted by Gasteiger charge is -2.22. The van der Waals surface area contributed by atoms with Crippen LogP contribution < -0.4 is 10.9 Å². The van der Waals surface area contributed by atoms with E-state index in [0.717, 1.165) is 0 Å². The summed E-state index contributed by atoms with van der Waals surface area (Å²) in [4.78, 5) is 11.4. The average Bonchev–Trinajstić information content (AvgIpc) is 2.43. The Morgan fingerprint density at radius 1 is 1.64 bits per heavy atom. The maximum absolute atomic E-state index is 11.4. The highest BCUT2D eigenvalue weighted by molar-refractivity contribution is 5.26. The van der Waals surface area contributed by atoms with Crippen LogP contribution in [0.4, 0.5) is 0 Å². The van der Waals surface area contributed by atoms with Gasteiger partial charge in [-0.25, -0.2) is 0 Å². The molecule has 0 spiro atoms. The molecule has 3 N–H and O–H groups in total. The predicted octanol–water partition coefficient (Wildman–Crippen LogP) is -0.920. The number of nitrogens with one attached hydrogen (secondary N) is 2. The van der Waals surface area contributed by atoms with E-state index in [1.165, 1.54) is 4.68 Å². The Labute approximate surface area is 80.5 Å². The fraction of sp³-hybridized carbons (Fsp3) is 0.625. The summed E-state index contributed by atoms with van der Waals surface area (Å²) in [5, 5.41) is 15.2. The minimum atomic E-state index is -0.270. The van der Waals surface area contributed by atoms with Gasteiger partial charge in [-0.05, 0) is 0 Å². The van der Waals surface area contributed by atoms with Gasteiger partial charge in [-0.1, -0.05) is 0 Å². The number of morpholine rings is 1. The molecule has 1 unspecified atom stereocenters. The topological polar surface area (TPSA) is 79.3 Å². The Balaban J connectivity index is 2.34. The molecule has 2 heterocycles. The third-order valence-corrected chi connectivity index (χ3v) is 2.34. The van der Waals surface area contributed by atoms with Gasteiger partial charge in [0.2, 0.25) is 5.88 Å². The summed E-state index contributed by atoms with van der Waals surface area (Å²) >= 11 is 0. The maximum Gasteiger partial charge on any atom is 0.272 e. The summed E-state index contributed by atoms with van der Waals surface area (Å²) < 4.78 is 6.52. The number of nitrogens with zero attached hydrogens (tertiary/aromatic N) is 1. The Hall–Kier alpha value is -1.27. The highest BCUT2D eigenvalue weighted by Crippen LogP contribution is 2.20. The van der Waals surface area contributed by atoms with E-state index < -0.39 is 0 Å². The summed E-state index contributed by atoms with van der Waals surface area (Å²) in [5.74, 6) is -0.0296. The van der Waals surface area contributed by atoms with E-state index in [1.807, 2.05) is 0 Å². The molecule has 1 atom stereocenters. The lowest BCUT2D eigenvalue weighted by atomic mass is 10.1. The number of aromatic hydroxyl groups is 1. The molecule has 1 saturated heterocycles. The van der Waals surface area contributed by atoms with Gasteiger partial charge in [0.1, 0.15) is 0 Å². The van der Waals surface area contributed by atoms with E-state index in [0.29, 0.717) is 25.3 Å². The molecule has 14 heavy (non-hydrogen) atoms. The highest BCUT2D eigenvalue weighted by Gasteiger charge is 2.24. The molecule has 2 rings (SSSR count). The Kier molecular flexibility index (Phi) is 2.30. The molecule has 1 aliphatic rings. The van der Waals surface area contributed by atoms with Crippen LogP contribution in [0.2, 0.25) is 0 Å². The van der Waals surface area contributed by atoms with E-state index in [-0.39, 0.29) is 17.5 Å². The van der Waals surface area contributed by atoms with Crippen LogP contribution in [-0.4, -0.2) is 34.6 Å². The molecular formula is C8H13N3O3. The fourth-order valence-corrected chi connectivity index (χ4v) is 1.61. The van der Waals surface area contributed by atoms with Crippen molar-refractivity contribution in [2.75, 3.05) is 19.8 Å². The summed E-state index contributed by atoms with van der Waals surface area (Å²) in [6, 6.07) is -0.214. The van der Waals surface area contributed by atoms with Gasteiger partial charge in [-0.2, -0.15) is 0 Å². The number of aromatic amines is 1. The van der Waals surface area contributed by atoms with Crippen molar-refractivity contribution < 1.29 is 9.84 Å². The molecule has 0 radical (unpaired) electrons. The normalized spacial score (nSPS) is 22.5. The first-order valence-electron chi connectivity index (χ1n) is 4.49. The van der Waals surface area contributed by atoms with Gasteiger partial charge < -0.3 is 15.2 Å². The fourth-order valence-electron chi connectivity index (χ4n) is 1.61. The summed E-state index contributed by atoms with van der Waals surface area (Å²) in [7, 11) is 1.59. The molecule has 6 nitrogen and oxygen atoms in total. The third-order valence-electron chi connectivity index (χ3n) is 2.34. The first-order valence-corrected chi connectivity index (χ1v) is 4.49. The lowest BCUT2D eigenvalue weighted by molar-refractivity contribution is 0.0757. The third kappa shape index (κ3) is 1.42. The molecule has 1 aliphatic heterocycles. The largest absolute Gasteiger partial charge is 0.493 e. The van der Waals surface area contributed by atoms with Gasteiger partial charge in [0, 0.05) is 13.6 Å². The number of hydrogen-bond acceptors (Lipinski definition) is 4. The average molecular weight is 199 g/mol. The zero-order valence-corrected chi connectivity index (χ0v) is 7.91. The van der Waals surface area contributed by atoms with Gasteiger partial charge in [-0.15, -0.1) is 0 Å². The van der Waals surface area contributed by atoms with E-state index in [9.17, 15) is 9.90 Å². The van der Waals surface area contributed by atoms with Crippen molar-refractivity contribution in [2.45, 2.75) is 6.04 Å². The van der Waals surface area contributed by atoms with E-state index in [1.54, 1.807) is 7.05 Å². The minimum absolute atomic E-state index is 0.0296. The second kappa shape index (κ2) is 3.47. The van der Waals surface area contributed by atoms with E-state index in [4.69, 9.17) is 4.74 Å². The molecule has 0 amide bonds. The summed E-state index contributed by atoms with van der Waals surface area (Å²) in [6.07, 6.45) is 0. The van der Waals surface area contributed by atoms with Gasteiger partial charge in [0.05, 0.1) is 24.8 Å². The van der Waals surface area contributed by atoms with Crippen LogP contribution in [0.5, 0.6) is 5.88 Å². The van der Waals surface area contributed by atoms with Crippen LogP contribution in [0.25, 0.3) is 0 Å². The Morgan fingerprint density at radius 2 is 2.43 bits per heavy atom. The molecule has 0 bridgehead atoms. The number of aromatic nitrogens is 2. The smallest absolute Gasteiger partial charge is 0.272 e. The number of H-pyrrole nitrogens is 1. The van der Waals surface area contributed by atoms with Gasteiger partial charge in [-0.3, -0.25) is 14.6 Å². The highest BCUT2D eigenvalue weighted by atomic mass is 16.5. The SMILES string of the molecule is Cn1[nH]c(=O)c(C2COCCN2)c1O. The second-order valence-corrected chi connectivity index (χ2v) is 3.32. The maximum atomic E-state index is 11.4. The quantitative estimate of drug-likeness (QED) is 0.546. The van der Waals surface area contributed by atoms with Gasteiger partial charge in [0.25, 0.3) is 5.56 Å². The monoisotopic (exact) mass is 199 g/mol. The molecule has 1 aromatic rings. The summed E-state index contributed by atoms with van der Waals surface area (Å²) in [6.45, 7) is 1.75. The van der Waals surface area contributed by atoms with Crippen LogP contribution in [0.15, 0.2) is 4.79 Å². The Bertz CT molecular complexity index is 376. The zero-order chi connectivity index (χ0) is 10.1. The molecule has 78 valence electrons. The molecule has 1 aromatic heterocycles.